The van der Waals surface area contributed by atoms with Crippen LogP contribution in [0.4, 0.5) is 5.69 Å². The Morgan fingerprint density at radius 3 is 2.80 bits per heavy atom. The molecule has 2 heterocycles. The third-order valence-corrected chi connectivity index (χ3v) is 5.55. The van der Waals surface area contributed by atoms with Gasteiger partial charge in [0.05, 0.1) is 17.4 Å². The van der Waals surface area contributed by atoms with E-state index in [-0.39, 0.29) is 5.54 Å². The molecule has 0 bridgehead atoms. The number of amidine groups is 1. The first-order valence-corrected chi connectivity index (χ1v) is 8.59. The molecule has 1 aliphatic heterocycles. The van der Waals surface area contributed by atoms with Gasteiger partial charge in [0.25, 0.3) is 0 Å². The minimum absolute atomic E-state index is 0.216. The van der Waals surface area contributed by atoms with Crippen LogP contribution in [-0.2, 0) is 0 Å². The monoisotopic (exact) mass is 292 g/mol. The Labute approximate surface area is 125 Å². The van der Waals surface area contributed by atoms with Gasteiger partial charge in [-0.25, -0.2) is 0 Å². The molecule has 4 nitrogen and oxygen atoms in total. The van der Waals surface area contributed by atoms with Crippen LogP contribution < -0.4 is 5.32 Å². The smallest absolute Gasteiger partial charge is 0.161 e. The molecule has 0 aromatic carbocycles. The second-order valence-electron chi connectivity index (χ2n) is 6.54. The van der Waals surface area contributed by atoms with Crippen molar-refractivity contribution in [3.05, 3.63) is 12.4 Å². The maximum Gasteiger partial charge on any atom is 0.161 e. The number of nitrogens with zero attached hydrogens (tertiary/aromatic N) is 3. The lowest BCUT2D eigenvalue weighted by atomic mass is 9.79. The van der Waals surface area contributed by atoms with E-state index in [0.29, 0.717) is 6.04 Å². The van der Waals surface area contributed by atoms with Crippen LogP contribution in [0.2, 0.25) is 0 Å². The fourth-order valence-electron chi connectivity index (χ4n) is 2.91. The average molecular weight is 292 g/mol. The molecule has 1 spiro atoms. The van der Waals surface area contributed by atoms with Crippen LogP contribution in [0.3, 0.4) is 0 Å². The molecule has 3 rings (SSSR count). The van der Waals surface area contributed by atoms with E-state index < -0.39 is 0 Å². The molecule has 1 aliphatic carbocycles. The molecular formula is C15H24N4S. The highest BCUT2D eigenvalue weighted by Crippen LogP contribution is 2.41. The number of aliphatic imine (C=N–C) groups is 1. The molecule has 0 saturated heterocycles. The van der Waals surface area contributed by atoms with Crippen molar-refractivity contribution in [1.29, 1.82) is 0 Å². The summed E-state index contributed by atoms with van der Waals surface area (Å²) in [4.78, 5) is 4.99. The summed E-state index contributed by atoms with van der Waals surface area (Å²) in [5.74, 6) is 2.02. The van der Waals surface area contributed by atoms with Crippen LogP contribution in [0.5, 0.6) is 0 Å². The number of hydrogen-bond acceptors (Lipinski definition) is 4. The second kappa shape index (κ2) is 5.43. The molecule has 0 atom stereocenters. The lowest BCUT2D eigenvalue weighted by Crippen LogP contribution is -2.32. The first-order chi connectivity index (χ1) is 9.56. The Balaban J connectivity index is 1.66. The normalized spacial score (nSPS) is 30.0. The standard InChI is InChI=1S/C15H24N4S/c1-11(2)19-9-13(8-16-19)17-14-18-15(10-20-14)6-4-12(3)5-7-15/h8-9,11-12H,4-7,10H2,1-3H3,(H,17,18). The van der Waals surface area contributed by atoms with Crippen molar-refractivity contribution < 1.29 is 0 Å². The molecule has 0 amide bonds. The largest absolute Gasteiger partial charge is 0.332 e. The minimum atomic E-state index is 0.216. The van der Waals surface area contributed by atoms with Crippen molar-refractivity contribution in [1.82, 2.24) is 9.78 Å². The van der Waals surface area contributed by atoms with E-state index in [9.17, 15) is 0 Å². The van der Waals surface area contributed by atoms with Gasteiger partial charge in [0.1, 0.15) is 0 Å². The SMILES string of the molecule is CC1CCC2(CC1)CSC(Nc1cnn(C(C)C)c1)=N2. The molecule has 1 aromatic heterocycles. The number of hydrogen-bond donors (Lipinski definition) is 1. The van der Waals surface area contributed by atoms with Crippen molar-refractivity contribution in [2.45, 2.75) is 58.0 Å². The van der Waals surface area contributed by atoms with Gasteiger partial charge in [0, 0.05) is 18.0 Å². The van der Waals surface area contributed by atoms with Gasteiger partial charge in [-0.3, -0.25) is 9.67 Å². The highest BCUT2D eigenvalue weighted by molar-refractivity contribution is 8.14. The van der Waals surface area contributed by atoms with E-state index >= 15 is 0 Å². The van der Waals surface area contributed by atoms with Gasteiger partial charge in [-0.05, 0) is 45.4 Å². The lowest BCUT2D eigenvalue weighted by Gasteiger charge is -2.32. The predicted octanol–water partition coefficient (Wildman–Crippen LogP) is 3.93. The van der Waals surface area contributed by atoms with Gasteiger partial charge in [-0.1, -0.05) is 18.7 Å². The van der Waals surface area contributed by atoms with Crippen molar-refractivity contribution in [2.75, 3.05) is 11.1 Å². The van der Waals surface area contributed by atoms with Gasteiger partial charge in [-0.15, -0.1) is 0 Å². The van der Waals surface area contributed by atoms with Crippen LogP contribution in [-0.4, -0.2) is 26.2 Å². The summed E-state index contributed by atoms with van der Waals surface area (Å²) in [5.41, 5.74) is 1.26. The molecule has 1 N–H and O–H groups in total. The van der Waals surface area contributed by atoms with E-state index in [0.717, 1.165) is 22.5 Å². The Hall–Kier alpha value is -0.970. The first kappa shape index (κ1) is 14.0. The van der Waals surface area contributed by atoms with Gasteiger partial charge >= 0.3 is 0 Å². The lowest BCUT2D eigenvalue weighted by molar-refractivity contribution is 0.273. The van der Waals surface area contributed by atoms with Crippen molar-refractivity contribution in [3.63, 3.8) is 0 Å². The number of anilines is 1. The van der Waals surface area contributed by atoms with Crippen LogP contribution in [0.25, 0.3) is 0 Å². The maximum atomic E-state index is 4.99. The van der Waals surface area contributed by atoms with E-state index in [1.54, 1.807) is 0 Å². The zero-order valence-corrected chi connectivity index (χ0v) is 13.4. The first-order valence-electron chi connectivity index (χ1n) is 7.60. The molecule has 110 valence electrons. The molecule has 0 unspecified atom stereocenters. The summed E-state index contributed by atoms with van der Waals surface area (Å²) >= 11 is 1.86. The van der Waals surface area contributed by atoms with Crippen LogP contribution >= 0.6 is 11.8 Å². The van der Waals surface area contributed by atoms with Crippen molar-refractivity contribution in [2.24, 2.45) is 10.9 Å². The summed E-state index contributed by atoms with van der Waals surface area (Å²) in [6.07, 6.45) is 9.08. The molecule has 5 heteroatoms. The third-order valence-electron chi connectivity index (χ3n) is 4.40. The molecule has 1 saturated carbocycles. The van der Waals surface area contributed by atoms with E-state index in [1.165, 1.54) is 25.7 Å². The molecular weight excluding hydrogens is 268 g/mol. The summed E-state index contributed by atoms with van der Waals surface area (Å²) in [6.45, 7) is 6.63. The minimum Gasteiger partial charge on any atom is -0.332 e. The zero-order valence-electron chi connectivity index (χ0n) is 12.6. The van der Waals surface area contributed by atoms with E-state index in [2.05, 4.69) is 37.4 Å². The second-order valence-corrected chi connectivity index (χ2v) is 7.50. The molecule has 1 aromatic rings. The number of aromatic nitrogens is 2. The highest BCUT2D eigenvalue weighted by Gasteiger charge is 2.38. The van der Waals surface area contributed by atoms with E-state index in [1.807, 2.05) is 22.6 Å². The summed E-state index contributed by atoms with van der Waals surface area (Å²) in [5, 5.41) is 8.86. The predicted molar refractivity (Wildman–Crippen MR) is 86.5 cm³/mol. The third kappa shape index (κ3) is 2.87. The maximum absolute atomic E-state index is 4.99. The highest BCUT2D eigenvalue weighted by atomic mass is 32.2. The van der Waals surface area contributed by atoms with Gasteiger partial charge < -0.3 is 5.32 Å². The van der Waals surface area contributed by atoms with Gasteiger partial charge in [-0.2, -0.15) is 5.10 Å². The van der Waals surface area contributed by atoms with Gasteiger partial charge in [0.2, 0.25) is 0 Å². The van der Waals surface area contributed by atoms with Crippen LogP contribution in [0, 0.1) is 5.92 Å². The Morgan fingerprint density at radius 1 is 1.40 bits per heavy atom. The Kier molecular flexibility index (Phi) is 3.80. The Morgan fingerprint density at radius 2 is 2.15 bits per heavy atom. The van der Waals surface area contributed by atoms with Gasteiger partial charge in [0.15, 0.2) is 5.17 Å². The number of thioether (sulfide) groups is 1. The topological polar surface area (TPSA) is 42.2 Å². The summed E-state index contributed by atoms with van der Waals surface area (Å²) < 4.78 is 1.97. The Bertz CT molecular complexity index is 498. The molecule has 1 fully saturated rings. The quantitative estimate of drug-likeness (QED) is 0.898. The van der Waals surface area contributed by atoms with Crippen molar-refractivity contribution in [3.8, 4) is 0 Å². The molecule has 2 aliphatic rings. The average Bonchev–Trinajstić information content (AvgIpc) is 3.02. The molecule has 20 heavy (non-hydrogen) atoms. The fraction of sp³-hybridized carbons (Fsp3) is 0.733. The summed E-state index contributed by atoms with van der Waals surface area (Å²) in [6, 6.07) is 0.398. The summed E-state index contributed by atoms with van der Waals surface area (Å²) in [7, 11) is 0. The zero-order chi connectivity index (χ0) is 14.2. The van der Waals surface area contributed by atoms with Crippen LogP contribution in [0.15, 0.2) is 17.4 Å². The van der Waals surface area contributed by atoms with E-state index in [4.69, 9.17) is 4.99 Å². The number of rotatable bonds is 2. The van der Waals surface area contributed by atoms with Crippen LogP contribution in [0.1, 0.15) is 52.5 Å². The number of nitrogens with one attached hydrogen (secondary N) is 1. The molecule has 0 radical (unpaired) electrons. The fourth-order valence-corrected chi connectivity index (χ4v) is 4.12. The van der Waals surface area contributed by atoms with Crippen molar-refractivity contribution >= 4 is 22.6 Å².